The van der Waals surface area contributed by atoms with Gasteiger partial charge in [0.2, 0.25) is 0 Å². The van der Waals surface area contributed by atoms with Crippen molar-refractivity contribution in [3.05, 3.63) is 27.1 Å². The standard InChI is InChI=1S/C9H8Br2N2/c1-6(5-12)13-9-3-2-7(10)4-8(9)11/h2-4,6,13H,1H3. The molecule has 0 spiro atoms. The fourth-order valence-corrected chi connectivity index (χ4v) is 2.03. The fourth-order valence-electron chi connectivity index (χ4n) is 0.872. The number of halogens is 2. The summed E-state index contributed by atoms with van der Waals surface area (Å²) in [6, 6.07) is 7.71. The van der Waals surface area contributed by atoms with Crippen molar-refractivity contribution in [3.8, 4) is 6.07 Å². The molecule has 1 atom stereocenters. The van der Waals surface area contributed by atoms with Crippen molar-refractivity contribution < 1.29 is 0 Å². The van der Waals surface area contributed by atoms with E-state index >= 15 is 0 Å². The highest BCUT2D eigenvalue weighted by Gasteiger charge is 2.03. The van der Waals surface area contributed by atoms with Gasteiger partial charge in [0.05, 0.1) is 6.07 Å². The number of anilines is 1. The molecule has 0 heterocycles. The maximum atomic E-state index is 8.60. The normalized spacial score (nSPS) is 11.8. The molecule has 0 aliphatic heterocycles. The molecule has 0 aliphatic rings. The van der Waals surface area contributed by atoms with E-state index in [0.717, 1.165) is 14.6 Å². The van der Waals surface area contributed by atoms with E-state index in [4.69, 9.17) is 5.26 Å². The van der Waals surface area contributed by atoms with Crippen molar-refractivity contribution in [3.63, 3.8) is 0 Å². The molecule has 13 heavy (non-hydrogen) atoms. The van der Waals surface area contributed by atoms with Crippen molar-refractivity contribution in [2.45, 2.75) is 13.0 Å². The van der Waals surface area contributed by atoms with Gasteiger partial charge in [0.1, 0.15) is 6.04 Å². The predicted molar refractivity (Wildman–Crippen MR) is 60.5 cm³/mol. The maximum absolute atomic E-state index is 8.60. The zero-order valence-electron chi connectivity index (χ0n) is 7.01. The van der Waals surface area contributed by atoms with E-state index in [-0.39, 0.29) is 6.04 Å². The summed E-state index contributed by atoms with van der Waals surface area (Å²) in [6.07, 6.45) is 0. The maximum Gasteiger partial charge on any atom is 0.111 e. The molecule has 1 aromatic carbocycles. The lowest BCUT2D eigenvalue weighted by atomic mass is 10.3. The van der Waals surface area contributed by atoms with Crippen molar-refractivity contribution in [1.82, 2.24) is 0 Å². The zero-order valence-corrected chi connectivity index (χ0v) is 10.2. The first-order chi connectivity index (χ1) is 6.13. The summed E-state index contributed by atoms with van der Waals surface area (Å²) in [5.74, 6) is 0. The molecule has 68 valence electrons. The summed E-state index contributed by atoms with van der Waals surface area (Å²) in [5.41, 5.74) is 0.928. The van der Waals surface area contributed by atoms with Gasteiger partial charge in [0.25, 0.3) is 0 Å². The first-order valence-electron chi connectivity index (χ1n) is 3.74. The van der Waals surface area contributed by atoms with Crippen LogP contribution in [0.25, 0.3) is 0 Å². The number of nitriles is 1. The average Bonchev–Trinajstić information content (AvgIpc) is 2.09. The topological polar surface area (TPSA) is 35.8 Å². The monoisotopic (exact) mass is 302 g/mol. The van der Waals surface area contributed by atoms with Gasteiger partial charge in [-0.3, -0.25) is 0 Å². The molecular weight excluding hydrogens is 296 g/mol. The van der Waals surface area contributed by atoms with Crippen LogP contribution in [0, 0.1) is 11.3 Å². The largest absolute Gasteiger partial charge is 0.369 e. The van der Waals surface area contributed by atoms with Crippen molar-refractivity contribution in [2.24, 2.45) is 0 Å². The molecule has 1 unspecified atom stereocenters. The minimum Gasteiger partial charge on any atom is -0.369 e. The van der Waals surface area contributed by atoms with Gasteiger partial charge in [-0.1, -0.05) is 15.9 Å². The molecule has 0 aromatic heterocycles. The van der Waals surface area contributed by atoms with Crippen LogP contribution < -0.4 is 5.32 Å². The van der Waals surface area contributed by atoms with Crippen LogP contribution >= 0.6 is 31.9 Å². The summed E-state index contributed by atoms with van der Waals surface area (Å²) in [6.45, 7) is 1.81. The molecule has 0 saturated heterocycles. The van der Waals surface area contributed by atoms with E-state index in [2.05, 4.69) is 43.2 Å². The highest BCUT2D eigenvalue weighted by Crippen LogP contribution is 2.26. The highest BCUT2D eigenvalue weighted by molar-refractivity contribution is 9.11. The Morgan fingerprint density at radius 1 is 1.46 bits per heavy atom. The van der Waals surface area contributed by atoms with E-state index < -0.39 is 0 Å². The lowest BCUT2D eigenvalue weighted by Gasteiger charge is -2.09. The molecule has 2 nitrogen and oxygen atoms in total. The lowest BCUT2D eigenvalue weighted by Crippen LogP contribution is -2.12. The number of nitrogens with zero attached hydrogens (tertiary/aromatic N) is 1. The van der Waals surface area contributed by atoms with E-state index in [1.165, 1.54) is 0 Å². The van der Waals surface area contributed by atoms with Crippen LogP contribution in [0.3, 0.4) is 0 Å². The minimum absolute atomic E-state index is 0.183. The molecule has 4 heteroatoms. The molecule has 0 bridgehead atoms. The smallest absolute Gasteiger partial charge is 0.111 e. The van der Waals surface area contributed by atoms with Crippen LogP contribution in [-0.4, -0.2) is 6.04 Å². The van der Waals surface area contributed by atoms with Gasteiger partial charge >= 0.3 is 0 Å². The molecule has 0 amide bonds. The lowest BCUT2D eigenvalue weighted by molar-refractivity contribution is 1.01. The van der Waals surface area contributed by atoms with E-state index in [9.17, 15) is 0 Å². The average molecular weight is 304 g/mol. The van der Waals surface area contributed by atoms with E-state index in [1.54, 1.807) is 0 Å². The van der Waals surface area contributed by atoms with Crippen LogP contribution in [0.2, 0.25) is 0 Å². The number of hydrogen-bond acceptors (Lipinski definition) is 2. The summed E-state index contributed by atoms with van der Waals surface area (Å²) < 4.78 is 1.96. The third-order valence-electron chi connectivity index (χ3n) is 1.50. The Labute approximate surface area is 94.2 Å². The van der Waals surface area contributed by atoms with Gasteiger partial charge in [0.15, 0.2) is 0 Å². The molecule has 1 N–H and O–H groups in total. The third kappa shape index (κ3) is 3.02. The Morgan fingerprint density at radius 3 is 2.69 bits per heavy atom. The van der Waals surface area contributed by atoms with Crippen molar-refractivity contribution >= 4 is 37.5 Å². The highest BCUT2D eigenvalue weighted by atomic mass is 79.9. The number of hydrogen-bond donors (Lipinski definition) is 1. The van der Waals surface area contributed by atoms with Gasteiger partial charge in [-0.05, 0) is 41.1 Å². The van der Waals surface area contributed by atoms with E-state index in [1.807, 2.05) is 25.1 Å². The first-order valence-corrected chi connectivity index (χ1v) is 5.33. The Balaban J connectivity index is 2.85. The second kappa shape index (κ2) is 4.64. The Morgan fingerprint density at radius 2 is 2.15 bits per heavy atom. The van der Waals surface area contributed by atoms with E-state index in [0.29, 0.717) is 0 Å². The quantitative estimate of drug-likeness (QED) is 0.907. The number of benzene rings is 1. The fraction of sp³-hybridized carbons (Fsp3) is 0.222. The molecular formula is C9H8Br2N2. The summed E-state index contributed by atoms with van der Waals surface area (Å²) in [4.78, 5) is 0. The third-order valence-corrected chi connectivity index (χ3v) is 2.65. The predicted octanol–water partition coefficient (Wildman–Crippen LogP) is 3.54. The van der Waals surface area contributed by atoms with Crippen LogP contribution in [0.1, 0.15) is 6.92 Å². The van der Waals surface area contributed by atoms with Gasteiger partial charge in [-0.15, -0.1) is 0 Å². The number of nitrogens with one attached hydrogen (secondary N) is 1. The Kier molecular flexibility index (Phi) is 3.76. The van der Waals surface area contributed by atoms with Crippen LogP contribution in [0.4, 0.5) is 5.69 Å². The van der Waals surface area contributed by atoms with Crippen LogP contribution in [-0.2, 0) is 0 Å². The summed E-state index contributed by atoms with van der Waals surface area (Å²) in [5, 5.41) is 11.7. The zero-order chi connectivity index (χ0) is 9.84. The summed E-state index contributed by atoms with van der Waals surface area (Å²) in [7, 11) is 0. The van der Waals surface area contributed by atoms with Crippen molar-refractivity contribution in [2.75, 3.05) is 5.32 Å². The summed E-state index contributed by atoms with van der Waals surface area (Å²) >= 11 is 6.76. The molecule has 0 saturated carbocycles. The molecule has 0 fully saturated rings. The van der Waals surface area contributed by atoms with Gasteiger partial charge in [0, 0.05) is 14.6 Å². The SMILES string of the molecule is CC(C#N)Nc1ccc(Br)cc1Br. The van der Waals surface area contributed by atoms with Gasteiger partial charge in [-0.2, -0.15) is 5.26 Å². The first kappa shape index (κ1) is 10.6. The second-order valence-corrected chi connectivity index (χ2v) is 4.39. The molecule has 0 aliphatic carbocycles. The number of rotatable bonds is 2. The minimum atomic E-state index is -0.183. The Bertz CT molecular complexity index is 344. The van der Waals surface area contributed by atoms with Gasteiger partial charge in [-0.25, -0.2) is 0 Å². The molecule has 0 radical (unpaired) electrons. The second-order valence-electron chi connectivity index (χ2n) is 2.62. The van der Waals surface area contributed by atoms with Crippen LogP contribution in [0.15, 0.2) is 27.1 Å². The van der Waals surface area contributed by atoms with Gasteiger partial charge < -0.3 is 5.32 Å². The van der Waals surface area contributed by atoms with Crippen LogP contribution in [0.5, 0.6) is 0 Å². The van der Waals surface area contributed by atoms with Crippen molar-refractivity contribution in [1.29, 1.82) is 5.26 Å². The Hall–Kier alpha value is -0.530. The molecule has 1 rings (SSSR count). The molecule has 1 aromatic rings.